The predicted molar refractivity (Wildman–Crippen MR) is 127 cm³/mol. The maximum absolute atomic E-state index is 10.0. The molecule has 1 saturated carbocycles. The first-order valence-electron chi connectivity index (χ1n) is 10.7. The summed E-state index contributed by atoms with van der Waals surface area (Å²) in [5.41, 5.74) is 1.39. The maximum Gasteiger partial charge on any atom is 0.191 e. The third-order valence-corrected chi connectivity index (χ3v) is 6.03. The molecule has 28 heavy (non-hydrogen) atoms. The SMILES string of the molecule is CCNC(=NCC1CCCC1O)NC1CCN(Cc2ccccc2)C(C)C1.I. The fourth-order valence-corrected chi connectivity index (χ4v) is 4.36. The highest BCUT2D eigenvalue weighted by molar-refractivity contribution is 14.0. The van der Waals surface area contributed by atoms with E-state index in [0.717, 1.165) is 64.2 Å². The van der Waals surface area contributed by atoms with Gasteiger partial charge in [0.2, 0.25) is 0 Å². The molecular weight excluding hydrogens is 463 g/mol. The zero-order valence-corrected chi connectivity index (χ0v) is 19.6. The van der Waals surface area contributed by atoms with E-state index in [0.29, 0.717) is 18.0 Å². The van der Waals surface area contributed by atoms with Crippen molar-refractivity contribution in [3.8, 4) is 0 Å². The van der Waals surface area contributed by atoms with Crippen molar-refractivity contribution in [1.82, 2.24) is 15.5 Å². The molecule has 5 nitrogen and oxygen atoms in total. The predicted octanol–water partition coefficient (Wildman–Crippen LogP) is 3.37. The van der Waals surface area contributed by atoms with Crippen LogP contribution in [0, 0.1) is 5.92 Å². The lowest BCUT2D eigenvalue weighted by atomic mass is 9.97. The Morgan fingerprint density at radius 2 is 2.00 bits per heavy atom. The Morgan fingerprint density at radius 1 is 1.21 bits per heavy atom. The molecule has 3 N–H and O–H groups in total. The quantitative estimate of drug-likeness (QED) is 0.319. The van der Waals surface area contributed by atoms with Crippen molar-refractivity contribution in [2.75, 3.05) is 19.6 Å². The van der Waals surface area contributed by atoms with Crippen LogP contribution in [0.1, 0.15) is 51.5 Å². The first kappa shape index (κ1) is 23.4. The van der Waals surface area contributed by atoms with Crippen molar-refractivity contribution >= 4 is 29.9 Å². The van der Waals surface area contributed by atoms with Crippen LogP contribution in [-0.4, -0.2) is 53.8 Å². The molecule has 0 amide bonds. The number of rotatable bonds is 6. The minimum absolute atomic E-state index is 0. The first-order valence-corrected chi connectivity index (χ1v) is 10.7. The van der Waals surface area contributed by atoms with E-state index in [1.54, 1.807) is 0 Å². The molecule has 4 unspecified atom stereocenters. The molecule has 3 rings (SSSR count). The van der Waals surface area contributed by atoms with E-state index in [9.17, 15) is 5.11 Å². The monoisotopic (exact) mass is 500 g/mol. The Kier molecular flexibility index (Phi) is 10.0. The number of likely N-dealkylation sites (tertiary alicyclic amines) is 1. The van der Waals surface area contributed by atoms with Gasteiger partial charge in [0.15, 0.2) is 5.96 Å². The largest absolute Gasteiger partial charge is 0.393 e. The second kappa shape index (κ2) is 12.0. The summed E-state index contributed by atoms with van der Waals surface area (Å²) in [5.74, 6) is 1.23. The molecular formula is C22H37IN4O. The minimum Gasteiger partial charge on any atom is -0.393 e. The van der Waals surface area contributed by atoms with Gasteiger partial charge in [-0.05, 0) is 45.1 Å². The smallest absolute Gasteiger partial charge is 0.191 e. The van der Waals surface area contributed by atoms with E-state index in [1.807, 2.05) is 0 Å². The number of guanidine groups is 1. The summed E-state index contributed by atoms with van der Waals surface area (Å²) in [7, 11) is 0. The molecule has 1 aromatic rings. The zero-order chi connectivity index (χ0) is 19.1. The number of aliphatic imine (C=N–C) groups is 1. The molecule has 1 heterocycles. The molecule has 1 aromatic carbocycles. The lowest BCUT2D eigenvalue weighted by molar-refractivity contribution is 0.133. The van der Waals surface area contributed by atoms with Crippen LogP contribution in [0.5, 0.6) is 0 Å². The summed E-state index contributed by atoms with van der Waals surface area (Å²) in [5, 5.41) is 17.0. The average Bonchev–Trinajstić information content (AvgIpc) is 3.08. The van der Waals surface area contributed by atoms with Crippen LogP contribution in [-0.2, 0) is 6.54 Å². The van der Waals surface area contributed by atoms with Gasteiger partial charge in [0.25, 0.3) is 0 Å². The number of piperidine rings is 1. The Labute approximate surface area is 187 Å². The molecule has 1 aliphatic heterocycles. The Hall–Kier alpha value is -0.860. The second-order valence-corrected chi connectivity index (χ2v) is 8.15. The highest BCUT2D eigenvalue weighted by Crippen LogP contribution is 2.25. The lowest BCUT2D eigenvalue weighted by Gasteiger charge is -2.38. The number of hydrogen-bond donors (Lipinski definition) is 3. The Morgan fingerprint density at radius 3 is 2.64 bits per heavy atom. The topological polar surface area (TPSA) is 59.9 Å². The van der Waals surface area contributed by atoms with Crippen LogP contribution in [0.3, 0.4) is 0 Å². The third kappa shape index (κ3) is 6.88. The van der Waals surface area contributed by atoms with Crippen LogP contribution in [0.2, 0.25) is 0 Å². The number of nitrogens with one attached hydrogen (secondary N) is 2. The van der Waals surface area contributed by atoms with Crippen molar-refractivity contribution in [2.45, 2.75) is 70.7 Å². The highest BCUT2D eigenvalue weighted by atomic mass is 127. The van der Waals surface area contributed by atoms with Gasteiger partial charge in [0, 0.05) is 44.2 Å². The van der Waals surface area contributed by atoms with Crippen LogP contribution in [0.25, 0.3) is 0 Å². The molecule has 4 atom stereocenters. The van der Waals surface area contributed by atoms with Gasteiger partial charge in [-0.1, -0.05) is 36.8 Å². The third-order valence-electron chi connectivity index (χ3n) is 6.03. The minimum atomic E-state index is -0.169. The number of nitrogens with zero attached hydrogens (tertiary/aromatic N) is 2. The highest BCUT2D eigenvalue weighted by Gasteiger charge is 2.27. The van der Waals surface area contributed by atoms with Crippen molar-refractivity contribution in [1.29, 1.82) is 0 Å². The number of aliphatic hydroxyl groups excluding tert-OH is 1. The van der Waals surface area contributed by atoms with E-state index >= 15 is 0 Å². The van der Waals surface area contributed by atoms with Gasteiger partial charge < -0.3 is 15.7 Å². The van der Waals surface area contributed by atoms with E-state index < -0.39 is 0 Å². The standard InChI is InChI=1S/C22H36N4O.HI/c1-3-23-22(24-15-19-10-7-11-21(19)27)25-20-12-13-26(17(2)14-20)16-18-8-5-4-6-9-18;/h4-6,8-9,17,19-21,27H,3,7,10-16H2,1-2H3,(H2,23,24,25);1H. The van der Waals surface area contributed by atoms with Crippen molar-refractivity contribution in [3.05, 3.63) is 35.9 Å². The summed E-state index contributed by atoms with van der Waals surface area (Å²) >= 11 is 0. The molecule has 2 aliphatic rings. The molecule has 158 valence electrons. The Bertz CT molecular complexity index is 597. The zero-order valence-electron chi connectivity index (χ0n) is 17.3. The van der Waals surface area contributed by atoms with Crippen LogP contribution in [0.15, 0.2) is 35.3 Å². The summed E-state index contributed by atoms with van der Waals surface area (Å²) in [6, 6.07) is 11.8. The van der Waals surface area contributed by atoms with Crippen molar-refractivity contribution in [2.24, 2.45) is 10.9 Å². The molecule has 0 aromatic heterocycles. The van der Waals surface area contributed by atoms with Gasteiger partial charge in [0.05, 0.1) is 6.10 Å². The van der Waals surface area contributed by atoms with E-state index in [4.69, 9.17) is 4.99 Å². The maximum atomic E-state index is 10.0. The molecule has 0 spiro atoms. The van der Waals surface area contributed by atoms with Gasteiger partial charge in [0.1, 0.15) is 0 Å². The second-order valence-electron chi connectivity index (χ2n) is 8.15. The fourth-order valence-electron chi connectivity index (χ4n) is 4.36. The van der Waals surface area contributed by atoms with Gasteiger partial charge in [-0.2, -0.15) is 0 Å². The number of halogens is 1. The van der Waals surface area contributed by atoms with Crippen molar-refractivity contribution in [3.63, 3.8) is 0 Å². The van der Waals surface area contributed by atoms with Gasteiger partial charge >= 0.3 is 0 Å². The summed E-state index contributed by atoms with van der Waals surface area (Å²) in [6.45, 7) is 8.15. The van der Waals surface area contributed by atoms with Crippen molar-refractivity contribution < 1.29 is 5.11 Å². The molecule has 6 heteroatoms. The molecule has 1 saturated heterocycles. The number of aliphatic hydroxyl groups is 1. The molecule has 0 bridgehead atoms. The summed E-state index contributed by atoms with van der Waals surface area (Å²) in [4.78, 5) is 7.35. The normalized spacial score (nSPS) is 28.6. The van der Waals surface area contributed by atoms with Gasteiger partial charge in [-0.3, -0.25) is 9.89 Å². The van der Waals surface area contributed by atoms with Crippen LogP contribution < -0.4 is 10.6 Å². The fraction of sp³-hybridized carbons (Fsp3) is 0.682. The molecule has 0 radical (unpaired) electrons. The number of benzene rings is 1. The summed E-state index contributed by atoms with van der Waals surface area (Å²) < 4.78 is 0. The van der Waals surface area contributed by atoms with Crippen LogP contribution >= 0.6 is 24.0 Å². The first-order chi connectivity index (χ1) is 13.2. The number of hydrogen-bond acceptors (Lipinski definition) is 3. The molecule has 1 aliphatic carbocycles. The van der Waals surface area contributed by atoms with Gasteiger partial charge in [-0.15, -0.1) is 24.0 Å². The van der Waals surface area contributed by atoms with E-state index in [2.05, 4.69) is 59.7 Å². The summed E-state index contributed by atoms with van der Waals surface area (Å²) in [6.07, 6.45) is 5.25. The van der Waals surface area contributed by atoms with E-state index in [1.165, 1.54) is 5.56 Å². The average molecular weight is 500 g/mol. The van der Waals surface area contributed by atoms with Crippen LogP contribution in [0.4, 0.5) is 0 Å². The Balaban J connectivity index is 0.00000280. The van der Waals surface area contributed by atoms with Gasteiger partial charge in [-0.25, -0.2) is 0 Å². The molecule has 2 fully saturated rings. The van der Waals surface area contributed by atoms with E-state index in [-0.39, 0.29) is 30.1 Å². The lowest BCUT2D eigenvalue weighted by Crippen LogP contribution is -2.51.